The third kappa shape index (κ3) is 4.93. The van der Waals surface area contributed by atoms with Gasteiger partial charge in [-0.1, -0.05) is 133 Å². The lowest BCUT2D eigenvalue weighted by atomic mass is 9.98. The van der Waals surface area contributed by atoms with E-state index in [4.69, 9.17) is 0 Å². The van der Waals surface area contributed by atoms with Crippen molar-refractivity contribution < 1.29 is 0 Å². The average Bonchev–Trinajstić information content (AvgIpc) is 3.75. The number of anilines is 3. The molecule has 240 valence electrons. The van der Waals surface area contributed by atoms with Gasteiger partial charge in [0, 0.05) is 47.9 Å². The molecule has 0 N–H and O–H groups in total. The van der Waals surface area contributed by atoms with Gasteiger partial charge in [0.2, 0.25) is 0 Å². The number of para-hydroxylation sites is 4. The zero-order chi connectivity index (χ0) is 33.7. The lowest BCUT2D eigenvalue weighted by Gasteiger charge is -2.26. The van der Waals surface area contributed by atoms with Crippen molar-refractivity contribution in [3.05, 3.63) is 194 Å². The summed E-state index contributed by atoms with van der Waals surface area (Å²) >= 11 is 1.86. The molecule has 0 amide bonds. The number of aromatic nitrogens is 1. The maximum Gasteiger partial charge on any atom is 0.0554 e. The molecular weight excluding hydrogens is 637 g/mol. The highest BCUT2D eigenvalue weighted by molar-refractivity contribution is 7.26. The molecule has 0 atom stereocenters. The second kappa shape index (κ2) is 12.2. The molecule has 0 fully saturated rings. The van der Waals surface area contributed by atoms with E-state index in [0.717, 1.165) is 11.4 Å². The summed E-state index contributed by atoms with van der Waals surface area (Å²) in [4.78, 5) is 2.39. The molecular formula is C48H32N2S. The largest absolute Gasteiger partial charge is 0.310 e. The van der Waals surface area contributed by atoms with Crippen LogP contribution in [0.2, 0.25) is 0 Å². The summed E-state index contributed by atoms with van der Waals surface area (Å²) in [5.74, 6) is 0. The molecule has 10 aromatic rings. The van der Waals surface area contributed by atoms with E-state index in [2.05, 4.69) is 204 Å². The molecule has 0 aliphatic carbocycles. The van der Waals surface area contributed by atoms with Crippen LogP contribution in [0.3, 0.4) is 0 Å². The van der Waals surface area contributed by atoms with E-state index in [0.29, 0.717) is 0 Å². The van der Waals surface area contributed by atoms with Crippen molar-refractivity contribution in [1.29, 1.82) is 0 Å². The summed E-state index contributed by atoms with van der Waals surface area (Å²) in [5.41, 5.74) is 11.9. The van der Waals surface area contributed by atoms with Gasteiger partial charge in [0.25, 0.3) is 0 Å². The first-order chi connectivity index (χ1) is 25.3. The molecule has 0 radical (unpaired) electrons. The SMILES string of the molecule is c1ccc(N(c2ccc(-c3ccc(-c4ccccc4-n4c5ccccc5c5ccccc54)cc3)cc2)c2cccc3sc4ccccc4c23)cc1. The van der Waals surface area contributed by atoms with Crippen LogP contribution < -0.4 is 4.90 Å². The summed E-state index contributed by atoms with van der Waals surface area (Å²) in [5, 5.41) is 5.13. The van der Waals surface area contributed by atoms with E-state index in [1.807, 2.05) is 11.3 Å². The Morgan fingerprint density at radius 3 is 1.63 bits per heavy atom. The standard InChI is InChI=1S/C48H32N2S/c1-2-13-36(14-3-1)49(45-22-12-24-47-48(45)41-18-7-11-23-46(41)51-47)37-31-29-34(30-32-37)33-25-27-35(28-26-33)38-15-4-8-19-42(38)50-43-20-9-5-16-39(43)40-17-6-10-21-44(40)50/h1-32H. The van der Waals surface area contributed by atoms with Crippen molar-refractivity contribution in [2.24, 2.45) is 0 Å². The lowest BCUT2D eigenvalue weighted by molar-refractivity contribution is 1.18. The Bertz CT molecular complexity index is 2790. The van der Waals surface area contributed by atoms with Gasteiger partial charge in [-0.2, -0.15) is 0 Å². The van der Waals surface area contributed by atoms with E-state index >= 15 is 0 Å². The second-order valence-electron chi connectivity index (χ2n) is 12.9. The van der Waals surface area contributed by atoms with Crippen LogP contribution in [0.15, 0.2) is 194 Å². The van der Waals surface area contributed by atoms with Gasteiger partial charge in [0.15, 0.2) is 0 Å². The number of nitrogens with zero attached hydrogens (tertiary/aromatic N) is 2. The average molecular weight is 669 g/mol. The summed E-state index contributed by atoms with van der Waals surface area (Å²) in [6.07, 6.45) is 0. The van der Waals surface area contributed by atoms with E-state index in [1.54, 1.807) is 0 Å². The number of rotatable bonds is 6. The van der Waals surface area contributed by atoms with Gasteiger partial charge in [-0.3, -0.25) is 0 Å². The topological polar surface area (TPSA) is 8.17 Å². The van der Waals surface area contributed by atoms with Gasteiger partial charge < -0.3 is 9.47 Å². The number of thiophene rings is 1. The van der Waals surface area contributed by atoms with Crippen LogP contribution in [-0.2, 0) is 0 Å². The number of benzene rings is 8. The first-order valence-electron chi connectivity index (χ1n) is 17.4. The Hall–Kier alpha value is -6.42. The predicted octanol–water partition coefficient (Wildman–Crippen LogP) is 14.0. The highest BCUT2D eigenvalue weighted by atomic mass is 32.1. The van der Waals surface area contributed by atoms with Crippen molar-refractivity contribution >= 4 is 70.4 Å². The van der Waals surface area contributed by atoms with Crippen molar-refractivity contribution in [2.75, 3.05) is 4.90 Å². The molecule has 10 rings (SSSR count). The fourth-order valence-corrected chi connectivity index (χ4v) is 8.81. The van der Waals surface area contributed by atoms with Crippen LogP contribution in [0.25, 0.3) is 69.9 Å². The quantitative estimate of drug-likeness (QED) is 0.171. The van der Waals surface area contributed by atoms with Gasteiger partial charge in [-0.05, 0) is 77.4 Å². The molecule has 0 aliphatic rings. The smallest absolute Gasteiger partial charge is 0.0554 e. The van der Waals surface area contributed by atoms with E-state index in [9.17, 15) is 0 Å². The normalized spacial score (nSPS) is 11.5. The summed E-state index contributed by atoms with van der Waals surface area (Å²) in [6.45, 7) is 0. The Morgan fingerprint density at radius 1 is 0.373 bits per heavy atom. The maximum absolute atomic E-state index is 2.41. The van der Waals surface area contributed by atoms with Crippen LogP contribution >= 0.6 is 11.3 Å². The molecule has 0 aliphatic heterocycles. The Balaban J connectivity index is 1.03. The van der Waals surface area contributed by atoms with E-state index in [1.165, 1.54) is 75.6 Å². The zero-order valence-corrected chi connectivity index (χ0v) is 28.6. The lowest BCUT2D eigenvalue weighted by Crippen LogP contribution is -2.10. The summed E-state index contributed by atoms with van der Waals surface area (Å²) in [6, 6.07) is 70.3. The predicted molar refractivity (Wildman–Crippen MR) is 219 cm³/mol. The molecule has 2 aromatic heterocycles. The van der Waals surface area contributed by atoms with Crippen LogP contribution in [0.1, 0.15) is 0 Å². The minimum absolute atomic E-state index is 1.13. The van der Waals surface area contributed by atoms with Crippen molar-refractivity contribution in [2.45, 2.75) is 0 Å². The molecule has 8 aromatic carbocycles. The minimum atomic E-state index is 1.13. The molecule has 0 saturated heterocycles. The maximum atomic E-state index is 2.41. The van der Waals surface area contributed by atoms with Gasteiger partial charge in [-0.15, -0.1) is 11.3 Å². The first kappa shape index (κ1) is 29.5. The van der Waals surface area contributed by atoms with Gasteiger partial charge in [0.1, 0.15) is 0 Å². The molecule has 0 unspecified atom stereocenters. The highest BCUT2D eigenvalue weighted by Crippen LogP contribution is 2.45. The molecule has 0 saturated carbocycles. The van der Waals surface area contributed by atoms with Crippen molar-refractivity contribution in [1.82, 2.24) is 4.57 Å². The van der Waals surface area contributed by atoms with Crippen LogP contribution in [-0.4, -0.2) is 4.57 Å². The zero-order valence-electron chi connectivity index (χ0n) is 27.8. The highest BCUT2D eigenvalue weighted by Gasteiger charge is 2.19. The van der Waals surface area contributed by atoms with Crippen LogP contribution in [0, 0.1) is 0 Å². The fourth-order valence-electron chi connectivity index (χ4n) is 7.69. The third-order valence-corrected chi connectivity index (χ3v) is 11.2. The van der Waals surface area contributed by atoms with Crippen molar-refractivity contribution in [3.8, 4) is 27.9 Å². The summed E-state index contributed by atoms with van der Waals surface area (Å²) in [7, 11) is 0. The number of hydrogen-bond donors (Lipinski definition) is 0. The third-order valence-electron chi connectivity index (χ3n) is 10.0. The molecule has 3 heteroatoms. The molecule has 0 spiro atoms. The Kier molecular flexibility index (Phi) is 7.04. The molecule has 51 heavy (non-hydrogen) atoms. The van der Waals surface area contributed by atoms with E-state index in [-0.39, 0.29) is 0 Å². The molecule has 2 nitrogen and oxygen atoms in total. The minimum Gasteiger partial charge on any atom is -0.310 e. The first-order valence-corrected chi connectivity index (χ1v) is 18.2. The van der Waals surface area contributed by atoms with Crippen LogP contribution in [0.5, 0.6) is 0 Å². The Labute approximate surface area is 300 Å². The second-order valence-corrected chi connectivity index (χ2v) is 14.0. The fraction of sp³-hybridized carbons (Fsp3) is 0. The van der Waals surface area contributed by atoms with Gasteiger partial charge >= 0.3 is 0 Å². The Morgan fingerprint density at radius 2 is 0.902 bits per heavy atom. The number of fused-ring (bicyclic) bond motifs is 6. The monoisotopic (exact) mass is 668 g/mol. The van der Waals surface area contributed by atoms with E-state index < -0.39 is 0 Å². The van der Waals surface area contributed by atoms with Crippen molar-refractivity contribution in [3.63, 3.8) is 0 Å². The molecule has 2 heterocycles. The number of hydrogen-bond acceptors (Lipinski definition) is 2. The molecule has 0 bridgehead atoms. The van der Waals surface area contributed by atoms with Gasteiger partial charge in [-0.25, -0.2) is 0 Å². The van der Waals surface area contributed by atoms with Crippen LogP contribution in [0.4, 0.5) is 17.1 Å². The summed E-state index contributed by atoms with van der Waals surface area (Å²) < 4.78 is 5.01. The van der Waals surface area contributed by atoms with Gasteiger partial charge in [0.05, 0.1) is 22.4 Å².